The van der Waals surface area contributed by atoms with Gasteiger partial charge in [0.25, 0.3) is 5.91 Å². The van der Waals surface area contributed by atoms with Gasteiger partial charge in [0, 0.05) is 37.0 Å². The topological polar surface area (TPSA) is 101 Å². The van der Waals surface area contributed by atoms with Gasteiger partial charge in [0.15, 0.2) is 11.3 Å². The number of anilines is 1. The monoisotopic (exact) mass is 468 g/mol. The maximum atomic E-state index is 13.6. The van der Waals surface area contributed by atoms with Crippen LogP contribution in [-0.2, 0) is 4.79 Å². The molecule has 0 radical (unpaired) electrons. The molecule has 1 unspecified atom stereocenters. The smallest absolute Gasteiger partial charge is 0.274 e. The summed E-state index contributed by atoms with van der Waals surface area (Å²) in [4.78, 5) is 44.7. The van der Waals surface area contributed by atoms with E-state index >= 15 is 0 Å². The maximum Gasteiger partial charge on any atom is 0.274 e. The molecule has 2 fully saturated rings. The minimum atomic E-state index is -0.426. The van der Waals surface area contributed by atoms with Crippen molar-refractivity contribution in [2.24, 2.45) is 11.3 Å². The number of amides is 1. The number of nitrogens with zero attached hydrogens (tertiary/aromatic N) is 5. The van der Waals surface area contributed by atoms with Crippen LogP contribution in [0.5, 0.6) is 0 Å². The molecule has 3 aromatic rings. The second kappa shape index (κ2) is 8.09. The van der Waals surface area contributed by atoms with Gasteiger partial charge in [-0.2, -0.15) is 4.98 Å². The number of rotatable bonds is 7. The zero-order valence-corrected chi connectivity index (χ0v) is 19.6. The van der Waals surface area contributed by atoms with E-state index in [1.807, 2.05) is 20.8 Å². The van der Waals surface area contributed by atoms with E-state index < -0.39 is 5.82 Å². The van der Waals surface area contributed by atoms with Gasteiger partial charge in [0.2, 0.25) is 5.95 Å². The number of halogens is 1. The predicted molar refractivity (Wildman–Crippen MR) is 123 cm³/mol. The first-order valence-electron chi connectivity index (χ1n) is 11.1. The summed E-state index contributed by atoms with van der Waals surface area (Å²) in [6, 6.07) is 1.07. The lowest BCUT2D eigenvalue weighted by Crippen LogP contribution is -2.51. The molecule has 172 valence electrons. The standard InChI is InChI=1S/C23H25FN6O2S/c1-12(15-7-16(24)9-25-8-15)26-22-28-18(19-20(29-22)27-13(2)33-19)21(32)30-10-14(11-30)6-17(31)23(3)4-5-23/h7-9,12,14H,4-6,10-11H2,1-3H3,(H,26,28,29). The number of nitrogens with one attached hydrogen (secondary N) is 1. The first kappa shape index (κ1) is 21.8. The number of hydrogen-bond acceptors (Lipinski definition) is 8. The summed E-state index contributed by atoms with van der Waals surface area (Å²) in [5, 5.41) is 3.93. The van der Waals surface area contributed by atoms with E-state index in [1.165, 1.54) is 17.4 Å². The number of hydrogen-bond donors (Lipinski definition) is 1. The quantitative estimate of drug-likeness (QED) is 0.561. The molecule has 1 aliphatic heterocycles. The van der Waals surface area contributed by atoms with Gasteiger partial charge in [-0.25, -0.2) is 14.4 Å². The van der Waals surface area contributed by atoms with Gasteiger partial charge in [0.05, 0.1) is 17.2 Å². The Morgan fingerprint density at radius 2 is 2.03 bits per heavy atom. The number of ketones is 1. The molecule has 0 bridgehead atoms. The SMILES string of the molecule is Cc1nc2nc(NC(C)c3cncc(F)c3)nc(C(=O)N3CC(CC(=O)C4(C)CC4)C3)c2s1. The van der Waals surface area contributed by atoms with Gasteiger partial charge < -0.3 is 10.2 Å². The zero-order valence-electron chi connectivity index (χ0n) is 18.8. The molecule has 1 saturated carbocycles. The molecule has 33 heavy (non-hydrogen) atoms. The second-order valence-electron chi connectivity index (χ2n) is 9.35. The molecular weight excluding hydrogens is 443 g/mol. The number of aromatic nitrogens is 4. The highest BCUT2D eigenvalue weighted by molar-refractivity contribution is 7.18. The molecule has 10 heteroatoms. The predicted octanol–water partition coefficient (Wildman–Crippen LogP) is 3.93. The number of carbonyl (C=O) groups is 2. The Morgan fingerprint density at radius 1 is 1.27 bits per heavy atom. The lowest BCUT2D eigenvalue weighted by atomic mass is 9.88. The minimum absolute atomic E-state index is 0.127. The third kappa shape index (κ3) is 4.31. The Hall–Kier alpha value is -3.01. The molecule has 3 aromatic heterocycles. The number of carbonyl (C=O) groups excluding carboxylic acids is 2. The highest BCUT2D eigenvalue weighted by Crippen LogP contribution is 2.47. The molecule has 2 aliphatic rings. The van der Waals surface area contributed by atoms with Crippen LogP contribution in [0.3, 0.4) is 0 Å². The van der Waals surface area contributed by atoms with E-state index in [-0.39, 0.29) is 29.2 Å². The van der Waals surface area contributed by atoms with Crippen LogP contribution in [0.2, 0.25) is 0 Å². The van der Waals surface area contributed by atoms with Gasteiger partial charge >= 0.3 is 0 Å². The molecule has 1 saturated heterocycles. The van der Waals surface area contributed by atoms with Crippen molar-refractivity contribution in [1.82, 2.24) is 24.8 Å². The van der Waals surface area contributed by atoms with Crippen LogP contribution in [0, 0.1) is 24.1 Å². The zero-order chi connectivity index (χ0) is 23.3. The number of thiazole rings is 1. The van der Waals surface area contributed by atoms with Gasteiger partial charge in [0.1, 0.15) is 16.3 Å². The summed E-state index contributed by atoms with van der Waals surface area (Å²) in [7, 11) is 0. The van der Waals surface area contributed by atoms with Crippen molar-refractivity contribution in [1.29, 1.82) is 0 Å². The van der Waals surface area contributed by atoms with Crippen molar-refractivity contribution in [2.75, 3.05) is 18.4 Å². The highest BCUT2D eigenvalue weighted by atomic mass is 32.1. The highest BCUT2D eigenvalue weighted by Gasteiger charge is 2.46. The average molecular weight is 469 g/mol. The summed E-state index contributed by atoms with van der Waals surface area (Å²) < 4.78 is 14.2. The van der Waals surface area contributed by atoms with Crippen LogP contribution in [-0.4, -0.2) is 49.6 Å². The van der Waals surface area contributed by atoms with Gasteiger partial charge in [-0.05, 0) is 38.3 Å². The van der Waals surface area contributed by atoms with E-state index in [2.05, 4.69) is 25.3 Å². The van der Waals surface area contributed by atoms with E-state index in [0.29, 0.717) is 46.9 Å². The minimum Gasteiger partial charge on any atom is -0.348 e. The van der Waals surface area contributed by atoms with E-state index in [1.54, 1.807) is 11.1 Å². The van der Waals surface area contributed by atoms with E-state index in [0.717, 1.165) is 24.0 Å². The van der Waals surface area contributed by atoms with Gasteiger partial charge in [-0.15, -0.1) is 11.3 Å². The fourth-order valence-electron chi connectivity index (χ4n) is 4.07. The molecule has 1 atom stereocenters. The number of fused-ring (bicyclic) bond motifs is 1. The fourth-order valence-corrected chi connectivity index (χ4v) is 4.91. The lowest BCUT2D eigenvalue weighted by molar-refractivity contribution is -0.125. The summed E-state index contributed by atoms with van der Waals surface area (Å²) in [5.74, 6) is 0.161. The average Bonchev–Trinajstić information content (AvgIpc) is 3.38. The third-order valence-electron chi connectivity index (χ3n) is 6.53. The molecule has 1 amide bonds. The van der Waals surface area contributed by atoms with Gasteiger partial charge in [-0.1, -0.05) is 6.92 Å². The van der Waals surface area contributed by atoms with Crippen LogP contribution < -0.4 is 5.32 Å². The maximum absolute atomic E-state index is 13.6. The summed E-state index contributed by atoms with van der Waals surface area (Å²) >= 11 is 1.38. The number of Topliss-reactive ketones (excluding diaryl/α,β-unsaturated/α-hetero) is 1. The first-order chi connectivity index (χ1) is 15.7. The molecule has 0 aromatic carbocycles. The Kier molecular flexibility index (Phi) is 5.35. The molecule has 1 N–H and O–H groups in total. The van der Waals surface area contributed by atoms with Crippen molar-refractivity contribution in [2.45, 2.75) is 46.1 Å². The van der Waals surface area contributed by atoms with Crippen molar-refractivity contribution in [3.63, 3.8) is 0 Å². The normalized spacial score (nSPS) is 18.1. The van der Waals surface area contributed by atoms with Crippen molar-refractivity contribution in [3.05, 3.63) is 40.5 Å². The first-order valence-corrected chi connectivity index (χ1v) is 11.9. The van der Waals surface area contributed by atoms with Crippen LogP contribution in [0.1, 0.15) is 60.2 Å². The Balaban J connectivity index is 1.34. The molecule has 8 nitrogen and oxygen atoms in total. The molecule has 4 heterocycles. The Labute approximate surface area is 194 Å². The number of aryl methyl sites for hydroxylation is 1. The third-order valence-corrected chi connectivity index (χ3v) is 7.49. The van der Waals surface area contributed by atoms with Gasteiger partial charge in [-0.3, -0.25) is 14.6 Å². The molecule has 5 rings (SSSR count). The molecule has 1 aliphatic carbocycles. The largest absolute Gasteiger partial charge is 0.348 e. The Morgan fingerprint density at radius 3 is 2.73 bits per heavy atom. The lowest BCUT2D eigenvalue weighted by Gasteiger charge is -2.39. The van der Waals surface area contributed by atoms with Crippen LogP contribution in [0.25, 0.3) is 10.3 Å². The van der Waals surface area contributed by atoms with Crippen molar-refractivity contribution in [3.8, 4) is 0 Å². The molecule has 0 spiro atoms. The summed E-state index contributed by atoms with van der Waals surface area (Å²) in [6.45, 7) is 6.83. The molecular formula is C23H25FN6O2S. The fraction of sp³-hybridized carbons (Fsp3) is 0.478. The van der Waals surface area contributed by atoms with Crippen LogP contribution in [0.15, 0.2) is 18.5 Å². The Bertz CT molecular complexity index is 1250. The van der Waals surface area contributed by atoms with Crippen molar-refractivity contribution < 1.29 is 14.0 Å². The summed E-state index contributed by atoms with van der Waals surface area (Å²) in [5.41, 5.74) is 1.27. The van der Waals surface area contributed by atoms with E-state index in [4.69, 9.17) is 0 Å². The summed E-state index contributed by atoms with van der Waals surface area (Å²) in [6.07, 6.45) is 5.20. The van der Waals surface area contributed by atoms with Crippen LogP contribution in [0.4, 0.5) is 10.3 Å². The van der Waals surface area contributed by atoms with E-state index in [9.17, 15) is 14.0 Å². The van der Waals surface area contributed by atoms with Crippen LogP contribution >= 0.6 is 11.3 Å². The second-order valence-corrected chi connectivity index (χ2v) is 10.6. The number of pyridine rings is 1. The number of likely N-dealkylation sites (tertiary alicyclic amines) is 1. The van der Waals surface area contributed by atoms with Crippen molar-refractivity contribution >= 4 is 39.3 Å².